The number of nitrogens with one attached hydrogen (secondary N) is 1. The van der Waals surface area contributed by atoms with Gasteiger partial charge in [-0.1, -0.05) is 17.7 Å². The van der Waals surface area contributed by atoms with Crippen molar-refractivity contribution in [1.82, 2.24) is 15.1 Å². The fraction of sp³-hybridized carbons (Fsp3) is 0.414. The summed E-state index contributed by atoms with van der Waals surface area (Å²) in [6.45, 7) is 4.41. The van der Waals surface area contributed by atoms with Crippen LogP contribution < -0.4 is 11.1 Å². The number of guanidine groups is 1. The van der Waals surface area contributed by atoms with E-state index >= 15 is 0 Å². The Morgan fingerprint density at radius 2 is 1.79 bits per heavy atom. The summed E-state index contributed by atoms with van der Waals surface area (Å²) < 4.78 is 39.8. The van der Waals surface area contributed by atoms with Crippen LogP contribution in [0.15, 0.2) is 41.4 Å². The molecular weight excluding hydrogens is 588 g/mol. The Morgan fingerprint density at radius 1 is 1.16 bits per heavy atom. The molecule has 230 valence electrons. The van der Waals surface area contributed by atoms with Gasteiger partial charge in [-0.2, -0.15) is 0 Å². The quantitative estimate of drug-likeness (QED) is 0.465. The standard InChI is InChI=1S/C29H32ClF2N5O6/c1-28(2,3)43-26(40)34-25-35-29(16-7-8-16,17-11-18(31)13-19(32)12-17)24(39)37(25)22(14-42-27(41)36(4)5)15-6-9-21(30)20(10-15)23(33)38/h6,9-13,16,22H,7-8,14H2,1-5H3,(H2,33,38)(H,34,35,40)/t22-,29-/m1/s1. The monoisotopic (exact) mass is 619 g/mol. The summed E-state index contributed by atoms with van der Waals surface area (Å²) in [5, 5.41) is 3.03. The van der Waals surface area contributed by atoms with Crippen LogP contribution in [0.25, 0.3) is 0 Å². The number of aliphatic imine (C=N–C) groups is 1. The number of amides is 4. The highest BCUT2D eigenvalue weighted by molar-refractivity contribution is 6.33. The average Bonchev–Trinajstić information content (AvgIpc) is 3.69. The molecule has 4 rings (SSSR count). The minimum absolute atomic E-state index is 0.0187. The van der Waals surface area contributed by atoms with Crippen molar-refractivity contribution in [3.05, 3.63) is 69.7 Å². The van der Waals surface area contributed by atoms with Crippen LogP contribution in [0.1, 0.15) is 61.1 Å². The Morgan fingerprint density at radius 3 is 2.33 bits per heavy atom. The van der Waals surface area contributed by atoms with Gasteiger partial charge in [0.1, 0.15) is 29.4 Å². The van der Waals surface area contributed by atoms with Gasteiger partial charge in [0.2, 0.25) is 11.9 Å². The van der Waals surface area contributed by atoms with Gasteiger partial charge in [-0.05, 0) is 74.9 Å². The van der Waals surface area contributed by atoms with Gasteiger partial charge >= 0.3 is 12.2 Å². The minimum Gasteiger partial charge on any atom is -0.447 e. The Labute approximate surface area is 251 Å². The maximum atomic E-state index is 14.6. The van der Waals surface area contributed by atoms with Gasteiger partial charge in [-0.15, -0.1) is 4.99 Å². The van der Waals surface area contributed by atoms with Crippen molar-refractivity contribution in [2.24, 2.45) is 16.6 Å². The molecule has 3 N–H and O–H groups in total. The first-order valence-corrected chi connectivity index (χ1v) is 13.7. The van der Waals surface area contributed by atoms with Crippen LogP contribution in [0.3, 0.4) is 0 Å². The number of hydrogen-bond donors (Lipinski definition) is 2. The molecular formula is C29H32ClF2N5O6. The number of rotatable bonds is 7. The Kier molecular flexibility index (Phi) is 8.68. The molecule has 2 aromatic carbocycles. The Balaban J connectivity index is 1.93. The zero-order chi connectivity index (χ0) is 31.9. The highest BCUT2D eigenvalue weighted by Gasteiger charge is 2.61. The van der Waals surface area contributed by atoms with Gasteiger partial charge in [-0.3, -0.25) is 14.5 Å². The number of nitrogens with two attached hydrogens (primary N) is 1. The maximum Gasteiger partial charge on any atom is 0.437 e. The zero-order valence-corrected chi connectivity index (χ0v) is 25.0. The van der Waals surface area contributed by atoms with E-state index in [1.54, 1.807) is 20.8 Å². The molecule has 0 spiro atoms. The lowest BCUT2D eigenvalue weighted by atomic mass is 9.84. The number of nitrogens with zero attached hydrogens (tertiary/aromatic N) is 3. The van der Waals surface area contributed by atoms with Crippen molar-refractivity contribution in [2.75, 3.05) is 20.7 Å². The van der Waals surface area contributed by atoms with Crippen molar-refractivity contribution in [3.8, 4) is 0 Å². The first-order valence-electron chi connectivity index (χ1n) is 13.4. The normalized spacial score (nSPS) is 20.0. The second-order valence-corrected chi connectivity index (χ2v) is 12.0. The van der Waals surface area contributed by atoms with E-state index in [1.165, 1.54) is 32.3 Å². The third-order valence-corrected chi connectivity index (χ3v) is 7.20. The third kappa shape index (κ3) is 6.71. The van der Waals surface area contributed by atoms with Crippen molar-refractivity contribution in [3.63, 3.8) is 0 Å². The molecule has 1 aliphatic heterocycles. The van der Waals surface area contributed by atoms with Crippen LogP contribution in [0.4, 0.5) is 18.4 Å². The molecule has 43 heavy (non-hydrogen) atoms. The van der Waals surface area contributed by atoms with E-state index in [0.29, 0.717) is 18.9 Å². The van der Waals surface area contributed by atoms with Gasteiger partial charge in [0, 0.05) is 20.2 Å². The summed E-state index contributed by atoms with van der Waals surface area (Å²) in [6.07, 6.45) is -0.752. The molecule has 1 saturated carbocycles. The maximum absolute atomic E-state index is 14.6. The van der Waals surface area contributed by atoms with Gasteiger partial charge in [-0.25, -0.2) is 18.4 Å². The van der Waals surface area contributed by atoms with Gasteiger partial charge in [0.25, 0.3) is 5.91 Å². The molecule has 14 heteroatoms. The molecule has 2 fully saturated rings. The summed E-state index contributed by atoms with van der Waals surface area (Å²) in [7, 11) is 2.92. The highest BCUT2D eigenvalue weighted by atomic mass is 35.5. The van der Waals surface area contributed by atoms with Crippen molar-refractivity contribution in [1.29, 1.82) is 0 Å². The molecule has 0 unspecified atom stereocenters. The number of hydrogen-bond acceptors (Lipinski definition) is 6. The van der Waals surface area contributed by atoms with Crippen LogP contribution in [0, 0.1) is 17.6 Å². The molecule has 11 nitrogen and oxygen atoms in total. The molecule has 4 amide bonds. The molecule has 0 bridgehead atoms. The lowest BCUT2D eigenvalue weighted by molar-refractivity contribution is -0.134. The van der Waals surface area contributed by atoms with E-state index in [2.05, 4.69) is 10.3 Å². The second-order valence-electron chi connectivity index (χ2n) is 11.5. The zero-order valence-electron chi connectivity index (χ0n) is 24.2. The topological polar surface area (TPSA) is 144 Å². The fourth-order valence-electron chi connectivity index (χ4n) is 4.86. The van der Waals surface area contributed by atoms with E-state index in [-0.39, 0.29) is 27.7 Å². The van der Waals surface area contributed by atoms with E-state index < -0.39 is 65.3 Å². The lowest BCUT2D eigenvalue weighted by Crippen LogP contribution is -2.47. The summed E-state index contributed by atoms with van der Waals surface area (Å²) in [5.74, 6) is -4.12. The minimum atomic E-state index is -1.73. The smallest absolute Gasteiger partial charge is 0.437 e. The summed E-state index contributed by atoms with van der Waals surface area (Å²) >= 11 is 6.18. The molecule has 0 radical (unpaired) electrons. The van der Waals surface area contributed by atoms with Crippen molar-refractivity contribution < 1.29 is 37.4 Å². The third-order valence-electron chi connectivity index (χ3n) is 6.87. The number of carbonyl (C=O) groups is 4. The largest absolute Gasteiger partial charge is 0.447 e. The first kappa shape index (κ1) is 31.7. The average molecular weight is 620 g/mol. The van der Waals surface area contributed by atoms with Gasteiger partial charge in [0.05, 0.1) is 16.6 Å². The fourth-order valence-corrected chi connectivity index (χ4v) is 5.07. The Hall–Kier alpha value is -4.26. The molecule has 2 aliphatic rings. The molecule has 0 aromatic heterocycles. The number of ether oxygens (including phenoxy) is 2. The first-order chi connectivity index (χ1) is 20.0. The number of primary amides is 1. The molecule has 1 heterocycles. The van der Waals surface area contributed by atoms with Crippen molar-refractivity contribution in [2.45, 2.75) is 50.8 Å². The number of carbonyl (C=O) groups excluding carboxylic acids is 4. The summed E-state index contributed by atoms with van der Waals surface area (Å²) in [4.78, 5) is 58.4. The van der Waals surface area contributed by atoms with Crippen LogP contribution in [-0.2, 0) is 19.8 Å². The molecule has 2 atom stereocenters. The lowest BCUT2D eigenvalue weighted by Gasteiger charge is -2.31. The van der Waals surface area contributed by atoms with Crippen LogP contribution >= 0.6 is 11.6 Å². The van der Waals surface area contributed by atoms with Gasteiger partial charge in [0.15, 0.2) is 0 Å². The Bertz CT molecular complexity index is 1490. The SMILES string of the molecule is CN(C)C(=O)OC[C@H](c1ccc(Cl)c(C(N)=O)c1)N1C(=O)[C@](c2cc(F)cc(F)c2)(C2CC2)N/C1=N\C(=O)OC(C)(C)C. The highest BCUT2D eigenvalue weighted by Crippen LogP contribution is 2.50. The van der Waals surface area contributed by atoms with Crippen LogP contribution in [0.5, 0.6) is 0 Å². The number of benzene rings is 2. The molecule has 2 aromatic rings. The van der Waals surface area contributed by atoms with Crippen LogP contribution in [0.2, 0.25) is 5.02 Å². The predicted octanol–water partition coefficient (Wildman–Crippen LogP) is 4.48. The second kappa shape index (κ2) is 11.8. The molecule has 1 aliphatic carbocycles. The van der Waals surface area contributed by atoms with E-state index in [4.69, 9.17) is 26.8 Å². The predicted molar refractivity (Wildman–Crippen MR) is 152 cm³/mol. The van der Waals surface area contributed by atoms with Crippen molar-refractivity contribution >= 4 is 41.6 Å². The number of halogens is 3. The van der Waals surface area contributed by atoms with E-state index in [9.17, 15) is 28.0 Å². The van der Waals surface area contributed by atoms with E-state index in [1.807, 2.05) is 0 Å². The van der Waals surface area contributed by atoms with Crippen LogP contribution in [-0.4, -0.2) is 66.1 Å². The van der Waals surface area contributed by atoms with E-state index in [0.717, 1.165) is 21.9 Å². The summed E-state index contributed by atoms with van der Waals surface area (Å²) in [5.41, 5.74) is 2.99. The summed E-state index contributed by atoms with van der Waals surface area (Å²) in [6, 6.07) is 5.74. The van der Waals surface area contributed by atoms with Gasteiger partial charge < -0.3 is 25.4 Å². The molecule has 1 saturated heterocycles.